The summed E-state index contributed by atoms with van der Waals surface area (Å²) in [6, 6.07) is 28.5. The van der Waals surface area contributed by atoms with E-state index in [1.807, 2.05) is 66.3 Å². The molecule has 1 N–H and O–H groups in total. The van der Waals surface area contributed by atoms with Gasteiger partial charge >= 0.3 is 0 Å². The number of carbonyl (C=O) groups excluding carboxylic acids is 1. The lowest BCUT2D eigenvalue weighted by Crippen LogP contribution is -2.25. The average molecular weight is 489 g/mol. The summed E-state index contributed by atoms with van der Waals surface area (Å²) in [7, 11) is 0. The Balaban J connectivity index is 1.41. The van der Waals surface area contributed by atoms with E-state index in [1.54, 1.807) is 0 Å². The molecule has 3 aromatic carbocycles. The van der Waals surface area contributed by atoms with Gasteiger partial charge in [-0.25, -0.2) is 9.67 Å². The quantitative estimate of drug-likeness (QED) is 0.242. The van der Waals surface area contributed by atoms with Crippen LogP contribution in [-0.4, -0.2) is 27.2 Å². The van der Waals surface area contributed by atoms with Gasteiger partial charge < -0.3 is 5.32 Å². The van der Waals surface area contributed by atoms with E-state index in [4.69, 9.17) is 4.98 Å². The van der Waals surface area contributed by atoms with Crippen LogP contribution in [0.25, 0.3) is 27.8 Å². The number of benzene rings is 3. The van der Waals surface area contributed by atoms with Crippen molar-refractivity contribution in [3.05, 3.63) is 114 Å². The number of rotatable bonds is 8. The first kappa shape index (κ1) is 24.4. The summed E-state index contributed by atoms with van der Waals surface area (Å²) < 4.78 is 1.93. The maximum atomic E-state index is 13.3. The fourth-order valence-corrected chi connectivity index (χ4v) is 4.66. The average Bonchev–Trinajstić information content (AvgIpc) is 3.32. The highest BCUT2D eigenvalue weighted by Crippen LogP contribution is 2.28. The van der Waals surface area contributed by atoms with E-state index >= 15 is 0 Å². The van der Waals surface area contributed by atoms with Crippen LogP contribution >= 0.6 is 0 Å². The second-order valence-corrected chi connectivity index (χ2v) is 9.72. The monoisotopic (exact) mass is 488 g/mol. The Bertz CT molecular complexity index is 1520. The molecule has 0 saturated carbocycles. The zero-order valence-corrected chi connectivity index (χ0v) is 21.6. The molecule has 186 valence electrons. The minimum Gasteiger partial charge on any atom is -0.352 e. The first-order valence-corrected chi connectivity index (χ1v) is 12.9. The number of amides is 1. The topological polar surface area (TPSA) is 59.8 Å². The number of nitrogens with zero attached hydrogens (tertiary/aromatic N) is 3. The smallest absolute Gasteiger partial charge is 0.252 e. The molecule has 0 unspecified atom stereocenters. The highest BCUT2D eigenvalue weighted by atomic mass is 16.1. The van der Waals surface area contributed by atoms with E-state index in [9.17, 15) is 4.79 Å². The van der Waals surface area contributed by atoms with Crippen LogP contribution in [0.3, 0.4) is 0 Å². The van der Waals surface area contributed by atoms with Crippen LogP contribution in [0.1, 0.15) is 53.4 Å². The molecule has 0 spiro atoms. The van der Waals surface area contributed by atoms with Gasteiger partial charge in [0, 0.05) is 17.5 Å². The number of aryl methyl sites for hydroxylation is 1. The van der Waals surface area contributed by atoms with Crippen LogP contribution in [0.2, 0.25) is 0 Å². The minimum absolute atomic E-state index is 0.0813. The number of para-hydroxylation sites is 1. The zero-order valence-electron chi connectivity index (χ0n) is 21.6. The summed E-state index contributed by atoms with van der Waals surface area (Å²) >= 11 is 0. The van der Waals surface area contributed by atoms with Gasteiger partial charge in [0.05, 0.1) is 34.4 Å². The van der Waals surface area contributed by atoms with E-state index < -0.39 is 0 Å². The number of carbonyl (C=O) groups is 1. The predicted octanol–water partition coefficient (Wildman–Crippen LogP) is 6.88. The lowest BCUT2D eigenvalue weighted by atomic mass is 10.0. The van der Waals surface area contributed by atoms with Crippen LogP contribution in [0, 0.1) is 6.92 Å². The normalized spacial score (nSPS) is 11.2. The molecule has 0 aliphatic heterocycles. The fourth-order valence-electron chi connectivity index (χ4n) is 4.66. The molecular weight excluding hydrogens is 456 g/mol. The van der Waals surface area contributed by atoms with Crippen molar-refractivity contribution in [1.29, 1.82) is 0 Å². The maximum Gasteiger partial charge on any atom is 0.252 e. The van der Waals surface area contributed by atoms with Crippen LogP contribution in [0.4, 0.5) is 0 Å². The third-order valence-electron chi connectivity index (χ3n) is 6.82. The van der Waals surface area contributed by atoms with E-state index in [0.29, 0.717) is 18.0 Å². The number of hydrogen-bond donors (Lipinski definition) is 1. The summed E-state index contributed by atoms with van der Waals surface area (Å²) in [5.41, 5.74) is 7.65. The highest BCUT2D eigenvalue weighted by molar-refractivity contribution is 6.07. The predicted molar refractivity (Wildman–Crippen MR) is 150 cm³/mol. The van der Waals surface area contributed by atoms with Crippen LogP contribution in [0.5, 0.6) is 0 Å². The van der Waals surface area contributed by atoms with Gasteiger partial charge in [0.15, 0.2) is 0 Å². The summed E-state index contributed by atoms with van der Waals surface area (Å²) in [5, 5.41) is 8.62. The Morgan fingerprint density at radius 3 is 2.43 bits per heavy atom. The van der Waals surface area contributed by atoms with Gasteiger partial charge in [0.1, 0.15) is 0 Å². The second-order valence-electron chi connectivity index (χ2n) is 9.72. The van der Waals surface area contributed by atoms with Crippen molar-refractivity contribution in [2.45, 2.75) is 39.5 Å². The molecule has 1 amide bonds. The van der Waals surface area contributed by atoms with Crippen molar-refractivity contribution < 1.29 is 4.79 Å². The molecular formula is C32H32N4O. The minimum atomic E-state index is -0.0813. The molecule has 0 radical (unpaired) electrons. The third kappa shape index (κ3) is 5.31. The number of fused-ring (bicyclic) bond motifs is 1. The standard InChI is InChI=1S/C32H32N4O/c1-22(2)25-15-17-26(18-16-25)36-23(3)29(21-34-36)31-20-28(27-13-7-8-14-30(27)35-31)32(37)33-19-9-12-24-10-5-4-6-11-24/h4-8,10-11,13-18,20-22H,9,12,19H2,1-3H3,(H,33,37). The molecule has 37 heavy (non-hydrogen) atoms. The number of hydrogen-bond acceptors (Lipinski definition) is 3. The SMILES string of the molecule is Cc1c(-c2cc(C(=O)NCCCc3ccccc3)c3ccccc3n2)cnn1-c1ccc(C(C)C)cc1. The third-order valence-corrected chi connectivity index (χ3v) is 6.82. The number of pyridine rings is 1. The molecule has 5 rings (SSSR count). The Morgan fingerprint density at radius 1 is 0.946 bits per heavy atom. The summed E-state index contributed by atoms with van der Waals surface area (Å²) in [6.45, 7) is 7.03. The lowest BCUT2D eigenvalue weighted by Gasteiger charge is -2.11. The van der Waals surface area contributed by atoms with E-state index in [-0.39, 0.29) is 5.91 Å². The molecule has 5 heteroatoms. The lowest BCUT2D eigenvalue weighted by molar-refractivity contribution is 0.0955. The van der Waals surface area contributed by atoms with Gasteiger partial charge in [-0.05, 0) is 61.1 Å². The molecule has 0 atom stereocenters. The van der Waals surface area contributed by atoms with Gasteiger partial charge in [-0.3, -0.25) is 4.79 Å². The Labute approximate surface area is 218 Å². The van der Waals surface area contributed by atoms with Crippen molar-refractivity contribution in [3.8, 4) is 16.9 Å². The largest absolute Gasteiger partial charge is 0.352 e. The molecule has 5 nitrogen and oxygen atoms in total. The zero-order chi connectivity index (χ0) is 25.8. The molecule has 2 heterocycles. The van der Waals surface area contributed by atoms with Crippen molar-refractivity contribution in [2.24, 2.45) is 0 Å². The van der Waals surface area contributed by atoms with Gasteiger partial charge in [-0.2, -0.15) is 5.10 Å². The van der Waals surface area contributed by atoms with E-state index in [2.05, 4.69) is 60.7 Å². The molecule has 5 aromatic rings. The molecule has 2 aromatic heterocycles. The Hall–Kier alpha value is -4.25. The first-order valence-electron chi connectivity index (χ1n) is 12.9. The highest BCUT2D eigenvalue weighted by Gasteiger charge is 2.17. The van der Waals surface area contributed by atoms with Crippen molar-refractivity contribution >= 4 is 16.8 Å². The van der Waals surface area contributed by atoms with Crippen LogP contribution in [0.15, 0.2) is 91.1 Å². The van der Waals surface area contributed by atoms with Gasteiger partial charge in [-0.1, -0.05) is 74.5 Å². The van der Waals surface area contributed by atoms with Crippen LogP contribution < -0.4 is 5.32 Å². The van der Waals surface area contributed by atoms with Gasteiger partial charge in [0.25, 0.3) is 5.91 Å². The van der Waals surface area contributed by atoms with E-state index in [0.717, 1.165) is 46.4 Å². The van der Waals surface area contributed by atoms with Gasteiger partial charge in [-0.15, -0.1) is 0 Å². The molecule has 0 saturated heterocycles. The fraction of sp³-hybridized carbons (Fsp3) is 0.219. The summed E-state index contributed by atoms with van der Waals surface area (Å²) in [6.07, 6.45) is 3.65. The van der Waals surface area contributed by atoms with Crippen molar-refractivity contribution in [2.75, 3.05) is 6.54 Å². The molecule has 0 bridgehead atoms. The Kier molecular flexibility index (Phi) is 7.13. The maximum absolute atomic E-state index is 13.3. The number of nitrogens with one attached hydrogen (secondary N) is 1. The molecule has 0 aliphatic carbocycles. The molecule has 0 aliphatic rings. The summed E-state index contributed by atoms with van der Waals surface area (Å²) in [5.74, 6) is 0.398. The van der Waals surface area contributed by atoms with Gasteiger partial charge in [0.2, 0.25) is 0 Å². The van der Waals surface area contributed by atoms with Crippen molar-refractivity contribution in [3.63, 3.8) is 0 Å². The second kappa shape index (κ2) is 10.8. The summed E-state index contributed by atoms with van der Waals surface area (Å²) in [4.78, 5) is 18.2. The first-order chi connectivity index (χ1) is 18.0. The van der Waals surface area contributed by atoms with Crippen LogP contribution in [-0.2, 0) is 6.42 Å². The molecule has 0 fully saturated rings. The Morgan fingerprint density at radius 2 is 1.68 bits per heavy atom. The number of aromatic nitrogens is 3. The van der Waals surface area contributed by atoms with Crippen molar-refractivity contribution in [1.82, 2.24) is 20.1 Å². The van der Waals surface area contributed by atoms with E-state index in [1.165, 1.54) is 11.1 Å².